The Morgan fingerprint density at radius 2 is 1.73 bits per heavy atom. The van der Waals surface area contributed by atoms with Gasteiger partial charge in [0.05, 0.1) is 5.75 Å². The topological polar surface area (TPSA) is 49.4 Å². The molecule has 1 aliphatic rings. The van der Waals surface area contributed by atoms with E-state index in [1.54, 1.807) is 23.9 Å². The summed E-state index contributed by atoms with van der Waals surface area (Å²) in [7, 11) is 0. The van der Waals surface area contributed by atoms with Crippen LogP contribution in [-0.2, 0) is 4.79 Å². The lowest BCUT2D eigenvalue weighted by Gasteiger charge is -2.25. The van der Waals surface area contributed by atoms with Gasteiger partial charge in [-0.25, -0.2) is 0 Å². The van der Waals surface area contributed by atoms with Gasteiger partial charge in [0.1, 0.15) is 5.37 Å². The normalized spacial score (nSPS) is 16.2. The Kier molecular flexibility index (Phi) is 5.91. The molecule has 1 fully saturated rings. The van der Waals surface area contributed by atoms with Crippen LogP contribution in [0.3, 0.4) is 0 Å². The summed E-state index contributed by atoms with van der Waals surface area (Å²) in [5, 5.41) is 2.84. The fourth-order valence-corrected chi connectivity index (χ4v) is 4.70. The third kappa shape index (κ3) is 4.26. The summed E-state index contributed by atoms with van der Waals surface area (Å²) >= 11 is 1.60. The molecule has 0 radical (unpaired) electrons. The van der Waals surface area contributed by atoms with Crippen molar-refractivity contribution < 1.29 is 9.59 Å². The van der Waals surface area contributed by atoms with Crippen LogP contribution in [-0.4, -0.2) is 17.6 Å². The number of thioether (sulfide) groups is 1. The lowest BCUT2D eigenvalue weighted by atomic mass is 10.0. The van der Waals surface area contributed by atoms with Gasteiger partial charge in [0.2, 0.25) is 5.91 Å². The average Bonchev–Trinajstić information content (AvgIpc) is 3.16. The van der Waals surface area contributed by atoms with Gasteiger partial charge in [0.15, 0.2) is 0 Å². The molecule has 2 amide bonds. The zero-order valence-corrected chi connectivity index (χ0v) is 17.9. The molecular formula is C25H24N2O2S. The molecule has 1 aliphatic heterocycles. The molecule has 1 saturated heterocycles. The molecule has 152 valence electrons. The van der Waals surface area contributed by atoms with E-state index in [0.29, 0.717) is 17.2 Å². The van der Waals surface area contributed by atoms with E-state index in [1.165, 1.54) is 5.56 Å². The Bertz CT molecular complexity index is 1050. The van der Waals surface area contributed by atoms with Gasteiger partial charge in [-0.3, -0.25) is 14.5 Å². The van der Waals surface area contributed by atoms with E-state index in [4.69, 9.17) is 0 Å². The minimum atomic E-state index is -0.149. The molecule has 5 heteroatoms. The zero-order chi connectivity index (χ0) is 21.1. The summed E-state index contributed by atoms with van der Waals surface area (Å²) < 4.78 is 0. The largest absolute Gasteiger partial charge is 0.322 e. The Hall–Kier alpha value is -3.05. The molecule has 3 aromatic rings. The first-order valence-corrected chi connectivity index (χ1v) is 11.1. The first-order chi connectivity index (χ1) is 14.5. The van der Waals surface area contributed by atoms with E-state index >= 15 is 0 Å². The van der Waals surface area contributed by atoms with E-state index < -0.39 is 0 Å². The predicted octanol–water partition coefficient (Wildman–Crippen LogP) is 5.84. The fraction of sp³-hybridized carbons (Fsp3) is 0.200. The highest BCUT2D eigenvalue weighted by Gasteiger charge is 2.34. The summed E-state index contributed by atoms with van der Waals surface area (Å²) in [6.45, 7) is 4.31. The van der Waals surface area contributed by atoms with Crippen molar-refractivity contribution in [1.29, 1.82) is 0 Å². The van der Waals surface area contributed by atoms with Crippen LogP contribution < -0.4 is 10.2 Å². The molecule has 1 heterocycles. The van der Waals surface area contributed by atoms with Crippen LogP contribution >= 0.6 is 11.8 Å². The van der Waals surface area contributed by atoms with Gasteiger partial charge in [-0.05, 0) is 53.4 Å². The standard InChI is InChI=1S/C25H24N2O2S/c1-17(2)18-11-13-22(14-12-18)27-23(28)16-30-25(27)20-9-6-10-21(15-20)26-24(29)19-7-4-3-5-8-19/h3-15,17,25H,16H2,1-2H3,(H,26,29). The highest BCUT2D eigenvalue weighted by Crippen LogP contribution is 2.42. The molecule has 0 aliphatic carbocycles. The van der Waals surface area contributed by atoms with E-state index in [0.717, 1.165) is 16.9 Å². The second kappa shape index (κ2) is 8.76. The van der Waals surface area contributed by atoms with E-state index in [-0.39, 0.29) is 17.2 Å². The number of anilines is 2. The SMILES string of the molecule is CC(C)c1ccc(N2C(=O)CSC2c2cccc(NC(=O)c3ccccc3)c2)cc1. The van der Waals surface area contributed by atoms with Crippen molar-refractivity contribution in [1.82, 2.24) is 0 Å². The molecule has 3 aromatic carbocycles. The Morgan fingerprint density at radius 3 is 2.43 bits per heavy atom. The summed E-state index contributed by atoms with van der Waals surface area (Å²) in [5.74, 6) is 0.838. The molecule has 0 bridgehead atoms. The minimum Gasteiger partial charge on any atom is -0.322 e. The van der Waals surface area contributed by atoms with Gasteiger partial charge in [-0.15, -0.1) is 11.8 Å². The molecule has 0 spiro atoms. The number of carbonyl (C=O) groups is 2. The van der Waals surface area contributed by atoms with Crippen LogP contribution in [0.1, 0.15) is 46.6 Å². The number of rotatable bonds is 5. The monoisotopic (exact) mass is 416 g/mol. The Balaban J connectivity index is 1.57. The van der Waals surface area contributed by atoms with Gasteiger partial charge in [0, 0.05) is 16.9 Å². The third-order valence-electron chi connectivity index (χ3n) is 5.17. The third-order valence-corrected chi connectivity index (χ3v) is 6.38. The maximum absolute atomic E-state index is 12.7. The molecule has 1 unspecified atom stereocenters. The highest BCUT2D eigenvalue weighted by atomic mass is 32.2. The molecule has 0 aromatic heterocycles. The lowest BCUT2D eigenvalue weighted by molar-refractivity contribution is -0.115. The molecule has 4 rings (SSSR count). The number of hydrogen-bond acceptors (Lipinski definition) is 3. The van der Waals surface area contributed by atoms with Gasteiger partial charge >= 0.3 is 0 Å². The molecule has 30 heavy (non-hydrogen) atoms. The number of amides is 2. The summed E-state index contributed by atoms with van der Waals surface area (Å²) in [5.41, 5.74) is 4.47. The second-order valence-electron chi connectivity index (χ2n) is 7.62. The van der Waals surface area contributed by atoms with Crippen LogP contribution in [0.15, 0.2) is 78.9 Å². The maximum atomic E-state index is 12.7. The average molecular weight is 417 g/mol. The smallest absolute Gasteiger partial charge is 0.255 e. The molecular weight excluding hydrogens is 392 g/mol. The number of hydrogen-bond donors (Lipinski definition) is 1. The first kappa shape index (κ1) is 20.2. The van der Waals surface area contributed by atoms with Crippen LogP contribution in [0.25, 0.3) is 0 Å². The Labute approximate surface area is 181 Å². The summed E-state index contributed by atoms with van der Waals surface area (Å²) in [6.07, 6.45) is 0. The van der Waals surface area contributed by atoms with Gasteiger partial charge in [-0.2, -0.15) is 0 Å². The molecule has 4 nitrogen and oxygen atoms in total. The van der Waals surface area contributed by atoms with Crippen LogP contribution in [0.2, 0.25) is 0 Å². The number of nitrogens with zero attached hydrogens (tertiary/aromatic N) is 1. The zero-order valence-electron chi connectivity index (χ0n) is 17.0. The molecule has 0 saturated carbocycles. The first-order valence-electron chi connectivity index (χ1n) is 10.0. The van der Waals surface area contributed by atoms with Crippen molar-refractivity contribution in [3.63, 3.8) is 0 Å². The predicted molar refractivity (Wildman–Crippen MR) is 124 cm³/mol. The molecule has 1 N–H and O–H groups in total. The fourth-order valence-electron chi connectivity index (χ4n) is 3.53. The van der Waals surface area contributed by atoms with Gasteiger partial charge < -0.3 is 5.32 Å². The van der Waals surface area contributed by atoms with E-state index in [2.05, 4.69) is 31.3 Å². The lowest BCUT2D eigenvalue weighted by Crippen LogP contribution is -2.27. The van der Waals surface area contributed by atoms with E-state index in [9.17, 15) is 9.59 Å². The number of benzene rings is 3. The highest BCUT2D eigenvalue weighted by molar-refractivity contribution is 8.00. The van der Waals surface area contributed by atoms with Crippen molar-refractivity contribution in [3.05, 3.63) is 95.6 Å². The van der Waals surface area contributed by atoms with Crippen molar-refractivity contribution in [3.8, 4) is 0 Å². The van der Waals surface area contributed by atoms with Crippen molar-refractivity contribution >= 4 is 35.0 Å². The number of nitrogens with one attached hydrogen (secondary N) is 1. The summed E-state index contributed by atoms with van der Waals surface area (Å²) in [4.78, 5) is 27.0. The van der Waals surface area contributed by atoms with Crippen molar-refractivity contribution in [2.75, 3.05) is 16.0 Å². The number of carbonyl (C=O) groups excluding carboxylic acids is 2. The van der Waals surface area contributed by atoms with Crippen LogP contribution in [0.5, 0.6) is 0 Å². The van der Waals surface area contributed by atoms with Crippen molar-refractivity contribution in [2.24, 2.45) is 0 Å². The maximum Gasteiger partial charge on any atom is 0.255 e. The quantitative estimate of drug-likeness (QED) is 0.568. The second-order valence-corrected chi connectivity index (χ2v) is 8.69. The van der Waals surface area contributed by atoms with Gasteiger partial charge in [-0.1, -0.05) is 56.3 Å². The summed E-state index contributed by atoms with van der Waals surface area (Å²) in [6, 6.07) is 25.1. The molecule has 1 atom stereocenters. The minimum absolute atomic E-state index is 0.0982. The van der Waals surface area contributed by atoms with Gasteiger partial charge in [0.25, 0.3) is 5.91 Å². The van der Waals surface area contributed by atoms with Crippen LogP contribution in [0.4, 0.5) is 11.4 Å². The Morgan fingerprint density at radius 1 is 1.00 bits per heavy atom. The van der Waals surface area contributed by atoms with E-state index in [1.807, 2.05) is 59.5 Å². The van der Waals surface area contributed by atoms with Crippen LogP contribution in [0, 0.1) is 0 Å². The van der Waals surface area contributed by atoms with Crippen molar-refractivity contribution in [2.45, 2.75) is 25.1 Å².